The number of halogens is 1. The van der Waals surface area contributed by atoms with E-state index >= 15 is 0 Å². The van der Waals surface area contributed by atoms with Crippen molar-refractivity contribution in [2.45, 2.75) is 12.5 Å². The minimum atomic E-state index is -3.22. The van der Waals surface area contributed by atoms with Gasteiger partial charge in [0.25, 0.3) is 0 Å². The van der Waals surface area contributed by atoms with Gasteiger partial charge < -0.3 is 11.1 Å². The lowest BCUT2D eigenvalue weighted by molar-refractivity contribution is -0.117. The van der Waals surface area contributed by atoms with Crippen LogP contribution in [0.5, 0.6) is 0 Å². The number of hydrogen-bond acceptors (Lipinski definition) is 5. The van der Waals surface area contributed by atoms with E-state index in [2.05, 4.69) is 5.32 Å². The van der Waals surface area contributed by atoms with Crippen LogP contribution in [0.4, 0.5) is 10.1 Å². The number of rotatable bonds is 5. The molecule has 0 heterocycles. The van der Waals surface area contributed by atoms with Crippen molar-refractivity contribution in [3.05, 3.63) is 29.6 Å². The summed E-state index contributed by atoms with van der Waals surface area (Å²) in [7, 11) is -3.22. The smallest absolute Gasteiger partial charge is 0.241 e. The number of amides is 1. The number of carbonyl (C=O) groups excluding carboxylic acids is 1. The molecule has 0 spiro atoms. The second kappa shape index (κ2) is 6.45. The highest BCUT2D eigenvalue weighted by molar-refractivity contribution is 7.90. The summed E-state index contributed by atoms with van der Waals surface area (Å²) in [6, 6.07) is 4.38. The topological polar surface area (TPSA) is 113 Å². The fraction of sp³-hybridized carbons (Fsp3) is 0.333. The van der Waals surface area contributed by atoms with Gasteiger partial charge in [-0.2, -0.15) is 5.26 Å². The first-order valence-electron chi connectivity index (χ1n) is 5.67. The maximum absolute atomic E-state index is 13.3. The third-order valence-electron chi connectivity index (χ3n) is 2.52. The van der Waals surface area contributed by atoms with Crippen molar-refractivity contribution in [1.29, 1.82) is 5.26 Å². The lowest BCUT2D eigenvalue weighted by Crippen LogP contribution is -2.37. The Labute approximate surface area is 116 Å². The Bertz CT molecular complexity index is 652. The van der Waals surface area contributed by atoms with Crippen LogP contribution in [0.1, 0.15) is 12.0 Å². The standard InChI is InChI=1S/C12H14FN3O3S/c1-20(18,19)6-5-10(15)12(17)16-11-4-2-3-9(13)8(11)7-14/h2-4,10H,5-6,15H2,1H3,(H,16,17). The zero-order valence-electron chi connectivity index (χ0n) is 10.8. The average Bonchev–Trinajstić information content (AvgIpc) is 2.35. The number of nitrogens with two attached hydrogens (primary N) is 1. The molecule has 108 valence electrons. The Balaban J connectivity index is 2.77. The predicted molar refractivity (Wildman–Crippen MR) is 72.0 cm³/mol. The van der Waals surface area contributed by atoms with Crippen LogP contribution in [0.25, 0.3) is 0 Å². The summed E-state index contributed by atoms with van der Waals surface area (Å²) in [4.78, 5) is 11.7. The summed E-state index contributed by atoms with van der Waals surface area (Å²) in [6.45, 7) is 0. The molecule has 20 heavy (non-hydrogen) atoms. The van der Waals surface area contributed by atoms with Gasteiger partial charge in [0.15, 0.2) is 0 Å². The monoisotopic (exact) mass is 299 g/mol. The summed E-state index contributed by atoms with van der Waals surface area (Å²) < 4.78 is 35.3. The van der Waals surface area contributed by atoms with Crippen LogP contribution >= 0.6 is 0 Å². The van der Waals surface area contributed by atoms with Gasteiger partial charge >= 0.3 is 0 Å². The summed E-state index contributed by atoms with van der Waals surface area (Å²) >= 11 is 0. The molecule has 0 bridgehead atoms. The zero-order chi connectivity index (χ0) is 15.3. The van der Waals surface area contributed by atoms with Gasteiger partial charge in [-0.15, -0.1) is 0 Å². The molecule has 6 nitrogen and oxygen atoms in total. The van der Waals surface area contributed by atoms with Gasteiger partial charge in [-0.3, -0.25) is 4.79 Å². The van der Waals surface area contributed by atoms with Crippen LogP contribution in [-0.4, -0.2) is 32.4 Å². The van der Waals surface area contributed by atoms with Gasteiger partial charge in [0.1, 0.15) is 27.3 Å². The van der Waals surface area contributed by atoms with E-state index < -0.39 is 27.6 Å². The third kappa shape index (κ3) is 4.60. The molecule has 0 aliphatic carbocycles. The van der Waals surface area contributed by atoms with Gasteiger partial charge in [-0.1, -0.05) is 6.07 Å². The first-order chi connectivity index (χ1) is 9.24. The Morgan fingerprint density at radius 2 is 2.20 bits per heavy atom. The molecular formula is C12H14FN3O3S. The van der Waals surface area contributed by atoms with Crippen LogP contribution in [-0.2, 0) is 14.6 Å². The van der Waals surface area contributed by atoms with Crippen molar-refractivity contribution >= 4 is 21.4 Å². The summed E-state index contributed by atoms with van der Waals surface area (Å²) in [5.74, 6) is -1.65. The molecule has 0 saturated carbocycles. The molecule has 0 aromatic heterocycles. The second-order valence-corrected chi connectivity index (χ2v) is 6.55. The van der Waals surface area contributed by atoms with Crippen LogP contribution in [0, 0.1) is 17.1 Å². The van der Waals surface area contributed by atoms with Gasteiger partial charge in [-0.05, 0) is 18.6 Å². The van der Waals surface area contributed by atoms with E-state index in [9.17, 15) is 17.6 Å². The molecule has 0 radical (unpaired) electrons. The zero-order valence-corrected chi connectivity index (χ0v) is 11.6. The van der Waals surface area contributed by atoms with Gasteiger partial charge in [0.05, 0.1) is 17.5 Å². The second-order valence-electron chi connectivity index (χ2n) is 4.29. The van der Waals surface area contributed by atoms with Crippen LogP contribution in [0.2, 0.25) is 0 Å². The Morgan fingerprint density at radius 3 is 2.75 bits per heavy atom. The number of carbonyl (C=O) groups is 1. The van der Waals surface area contributed by atoms with E-state index in [0.717, 1.165) is 12.3 Å². The maximum atomic E-state index is 13.3. The van der Waals surface area contributed by atoms with Gasteiger partial charge in [0, 0.05) is 6.26 Å². The van der Waals surface area contributed by atoms with Gasteiger partial charge in [-0.25, -0.2) is 12.8 Å². The SMILES string of the molecule is CS(=O)(=O)CCC(N)C(=O)Nc1cccc(F)c1C#N. The van der Waals surface area contributed by atoms with E-state index in [-0.39, 0.29) is 23.4 Å². The largest absolute Gasteiger partial charge is 0.323 e. The summed E-state index contributed by atoms with van der Waals surface area (Å²) in [5, 5.41) is 11.1. The normalized spacial score (nSPS) is 12.5. The fourth-order valence-corrected chi connectivity index (χ4v) is 2.12. The molecule has 0 aliphatic heterocycles. The number of anilines is 1. The minimum absolute atomic E-state index is 0.00676. The molecule has 1 amide bonds. The average molecular weight is 299 g/mol. The van der Waals surface area contributed by atoms with E-state index in [1.807, 2.05) is 0 Å². The third-order valence-corrected chi connectivity index (χ3v) is 3.50. The number of benzene rings is 1. The van der Waals surface area contributed by atoms with Crippen molar-refractivity contribution in [2.75, 3.05) is 17.3 Å². The maximum Gasteiger partial charge on any atom is 0.241 e. The van der Waals surface area contributed by atoms with Crippen LogP contribution in [0.15, 0.2) is 18.2 Å². The highest BCUT2D eigenvalue weighted by atomic mass is 32.2. The van der Waals surface area contributed by atoms with Crippen LogP contribution in [0.3, 0.4) is 0 Å². The van der Waals surface area contributed by atoms with Crippen molar-refractivity contribution in [1.82, 2.24) is 0 Å². The first kappa shape index (κ1) is 16.1. The van der Waals surface area contributed by atoms with Crippen molar-refractivity contribution < 1.29 is 17.6 Å². The number of hydrogen-bond donors (Lipinski definition) is 2. The highest BCUT2D eigenvalue weighted by Crippen LogP contribution is 2.17. The first-order valence-corrected chi connectivity index (χ1v) is 7.73. The lowest BCUT2D eigenvalue weighted by Gasteiger charge is -2.12. The van der Waals surface area contributed by atoms with Gasteiger partial charge in [0.2, 0.25) is 5.91 Å². The number of nitrogens with zero attached hydrogens (tertiary/aromatic N) is 1. The van der Waals surface area contributed by atoms with Crippen LogP contribution < -0.4 is 11.1 Å². The molecular weight excluding hydrogens is 285 g/mol. The lowest BCUT2D eigenvalue weighted by atomic mass is 10.1. The van der Waals surface area contributed by atoms with Crippen molar-refractivity contribution in [3.63, 3.8) is 0 Å². The Morgan fingerprint density at radius 1 is 1.55 bits per heavy atom. The molecule has 1 atom stereocenters. The van der Waals surface area contributed by atoms with E-state index in [1.165, 1.54) is 12.1 Å². The molecule has 1 aromatic rings. The summed E-state index contributed by atoms with van der Waals surface area (Å²) in [5.41, 5.74) is 5.26. The van der Waals surface area contributed by atoms with E-state index in [1.54, 1.807) is 6.07 Å². The molecule has 1 rings (SSSR count). The molecule has 1 unspecified atom stereocenters. The van der Waals surface area contributed by atoms with Crippen molar-refractivity contribution in [2.24, 2.45) is 5.73 Å². The number of sulfone groups is 1. The fourth-order valence-electron chi connectivity index (χ4n) is 1.44. The highest BCUT2D eigenvalue weighted by Gasteiger charge is 2.18. The minimum Gasteiger partial charge on any atom is -0.323 e. The predicted octanol–water partition coefficient (Wildman–Crippen LogP) is 0.398. The quantitative estimate of drug-likeness (QED) is 0.817. The Kier molecular flexibility index (Phi) is 5.19. The van der Waals surface area contributed by atoms with Crippen molar-refractivity contribution in [3.8, 4) is 6.07 Å². The molecule has 0 saturated heterocycles. The van der Waals surface area contributed by atoms with E-state index in [0.29, 0.717) is 0 Å². The Hall–Kier alpha value is -1.98. The molecule has 3 N–H and O–H groups in total. The molecule has 8 heteroatoms. The number of nitrogens with one attached hydrogen (secondary N) is 1. The van der Waals surface area contributed by atoms with E-state index in [4.69, 9.17) is 11.0 Å². The molecule has 0 aliphatic rings. The number of nitriles is 1. The molecule has 0 fully saturated rings. The molecule has 1 aromatic carbocycles. The summed E-state index contributed by atoms with van der Waals surface area (Å²) in [6.07, 6.45) is 0.986.